The van der Waals surface area contributed by atoms with Gasteiger partial charge in [-0.2, -0.15) is 0 Å². The molecule has 7 nitrogen and oxygen atoms in total. The van der Waals surface area contributed by atoms with Gasteiger partial charge in [0.2, 0.25) is 5.91 Å². The molecular formula is C21H24N2O5. The summed E-state index contributed by atoms with van der Waals surface area (Å²) < 4.78 is 10.5. The Morgan fingerprint density at radius 1 is 0.964 bits per heavy atom. The van der Waals surface area contributed by atoms with Crippen molar-refractivity contribution >= 4 is 17.6 Å². The number of carbonyl (C=O) groups is 3. The average Bonchev–Trinajstić information content (AvgIpc) is 3.27. The van der Waals surface area contributed by atoms with Crippen molar-refractivity contribution in [2.75, 3.05) is 32.8 Å². The largest absolute Gasteiger partial charge is 0.494 e. The van der Waals surface area contributed by atoms with E-state index in [1.165, 1.54) is 6.26 Å². The second kappa shape index (κ2) is 9.21. The highest BCUT2D eigenvalue weighted by Crippen LogP contribution is 2.15. The minimum absolute atomic E-state index is 0.0654. The fourth-order valence-electron chi connectivity index (χ4n) is 3.14. The van der Waals surface area contributed by atoms with Gasteiger partial charge >= 0.3 is 0 Å². The first kappa shape index (κ1) is 19.7. The van der Waals surface area contributed by atoms with Crippen LogP contribution in [0.5, 0.6) is 5.75 Å². The van der Waals surface area contributed by atoms with E-state index in [4.69, 9.17) is 9.15 Å². The summed E-state index contributed by atoms with van der Waals surface area (Å²) in [5.74, 6) is 0.730. The molecule has 0 spiro atoms. The summed E-state index contributed by atoms with van der Waals surface area (Å²) in [5, 5.41) is 0. The Bertz CT molecular complexity index is 806. The molecule has 1 fully saturated rings. The zero-order valence-electron chi connectivity index (χ0n) is 15.9. The minimum Gasteiger partial charge on any atom is -0.494 e. The highest BCUT2D eigenvalue weighted by atomic mass is 16.5. The van der Waals surface area contributed by atoms with E-state index >= 15 is 0 Å². The van der Waals surface area contributed by atoms with E-state index in [1.807, 2.05) is 6.92 Å². The average molecular weight is 384 g/mol. The molecule has 0 radical (unpaired) electrons. The molecular weight excluding hydrogens is 360 g/mol. The van der Waals surface area contributed by atoms with Crippen LogP contribution in [0.3, 0.4) is 0 Å². The summed E-state index contributed by atoms with van der Waals surface area (Å²) in [6, 6.07) is 10.3. The zero-order valence-corrected chi connectivity index (χ0v) is 15.9. The fraction of sp³-hybridized carbons (Fsp3) is 0.381. The molecule has 1 aliphatic heterocycles. The maximum atomic E-state index is 12.4. The van der Waals surface area contributed by atoms with E-state index < -0.39 is 0 Å². The fourth-order valence-corrected chi connectivity index (χ4v) is 3.14. The number of rotatable bonds is 7. The summed E-state index contributed by atoms with van der Waals surface area (Å²) in [6.45, 7) is 4.31. The second-order valence-corrected chi connectivity index (χ2v) is 6.53. The lowest BCUT2D eigenvalue weighted by Crippen LogP contribution is -2.50. The quantitative estimate of drug-likeness (QED) is 0.686. The van der Waals surface area contributed by atoms with Crippen LogP contribution in [0, 0.1) is 0 Å². The summed E-state index contributed by atoms with van der Waals surface area (Å²) in [4.78, 5) is 40.3. The van der Waals surface area contributed by atoms with Crippen molar-refractivity contribution in [2.24, 2.45) is 0 Å². The Hall–Kier alpha value is -3.09. The van der Waals surface area contributed by atoms with E-state index in [9.17, 15) is 14.4 Å². The molecule has 0 N–H and O–H groups in total. The van der Waals surface area contributed by atoms with Crippen LogP contribution in [0.25, 0.3) is 0 Å². The van der Waals surface area contributed by atoms with E-state index in [2.05, 4.69) is 0 Å². The van der Waals surface area contributed by atoms with Gasteiger partial charge in [0.05, 0.1) is 12.9 Å². The van der Waals surface area contributed by atoms with Crippen molar-refractivity contribution < 1.29 is 23.5 Å². The molecule has 0 aliphatic carbocycles. The molecule has 2 aromatic rings. The van der Waals surface area contributed by atoms with Gasteiger partial charge in [0.1, 0.15) is 5.75 Å². The standard InChI is InChI=1S/C21H24N2O5/c1-2-27-17-7-5-16(6-8-17)18(24)9-10-20(25)22-11-13-23(14-12-22)21(26)19-4-3-15-28-19/h3-8,15H,2,9-14H2,1H3. The molecule has 1 aromatic heterocycles. The Morgan fingerprint density at radius 2 is 1.64 bits per heavy atom. The van der Waals surface area contributed by atoms with Gasteiger partial charge in [0.25, 0.3) is 5.91 Å². The van der Waals surface area contributed by atoms with E-state index in [0.717, 1.165) is 5.75 Å². The Labute approximate surface area is 163 Å². The van der Waals surface area contributed by atoms with Gasteiger partial charge in [-0.3, -0.25) is 14.4 Å². The van der Waals surface area contributed by atoms with Crippen molar-refractivity contribution in [2.45, 2.75) is 19.8 Å². The SMILES string of the molecule is CCOc1ccc(C(=O)CCC(=O)N2CCN(C(=O)c3ccco3)CC2)cc1. The van der Waals surface area contributed by atoms with E-state index in [-0.39, 0.29) is 30.4 Å². The third-order valence-corrected chi connectivity index (χ3v) is 4.70. The van der Waals surface area contributed by atoms with Gasteiger partial charge < -0.3 is 19.0 Å². The maximum absolute atomic E-state index is 12.4. The minimum atomic E-state index is -0.164. The Morgan fingerprint density at radius 3 is 2.25 bits per heavy atom. The first-order chi connectivity index (χ1) is 13.6. The molecule has 148 valence electrons. The van der Waals surface area contributed by atoms with Crippen LogP contribution in [-0.2, 0) is 4.79 Å². The molecule has 2 amide bonds. The highest BCUT2D eigenvalue weighted by molar-refractivity contribution is 5.98. The number of Topliss-reactive ketones (excluding diaryl/α,β-unsaturated/α-hetero) is 1. The second-order valence-electron chi connectivity index (χ2n) is 6.53. The maximum Gasteiger partial charge on any atom is 0.289 e. The van der Waals surface area contributed by atoms with Crippen LogP contribution >= 0.6 is 0 Å². The van der Waals surface area contributed by atoms with Crippen LogP contribution in [0.1, 0.15) is 40.7 Å². The molecule has 0 saturated carbocycles. The number of benzene rings is 1. The number of hydrogen-bond donors (Lipinski definition) is 0. The van der Waals surface area contributed by atoms with Gasteiger partial charge in [0, 0.05) is 44.6 Å². The molecule has 1 aliphatic rings. The van der Waals surface area contributed by atoms with Crippen LogP contribution in [0.2, 0.25) is 0 Å². The molecule has 0 bridgehead atoms. The molecule has 28 heavy (non-hydrogen) atoms. The van der Waals surface area contributed by atoms with Gasteiger partial charge in [-0.1, -0.05) is 0 Å². The predicted molar refractivity (Wildman–Crippen MR) is 102 cm³/mol. The molecule has 0 unspecified atom stereocenters. The molecule has 1 aromatic carbocycles. The first-order valence-electron chi connectivity index (χ1n) is 9.45. The molecule has 1 saturated heterocycles. The number of nitrogens with zero attached hydrogens (tertiary/aromatic N) is 2. The van der Waals surface area contributed by atoms with Crippen molar-refractivity contribution in [3.63, 3.8) is 0 Å². The number of ether oxygens (including phenoxy) is 1. The van der Waals surface area contributed by atoms with E-state index in [0.29, 0.717) is 44.1 Å². The van der Waals surface area contributed by atoms with Crippen LogP contribution < -0.4 is 4.74 Å². The third-order valence-electron chi connectivity index (χ3n) is 4.70. The van der Waals surface area contributed by atoms with Crippen LogP contribution in [0.4, 0.5) is 0 Å². The van der Waals surface area contributed by atoms with Gasteiger partial charge in [-0.15, -0.1) is 0 Å². The number of amides is 2. The number of piperazine rings is 1. The molecule has 3 rings (SSSR count). The lowest BCUT2D eigenvalue weighted by molar-refractivity contribution is -0.132. The third kappa shape index (κ3) is 4.79. The van der Waals surface area contributed by atoms with Crippen LogP contribution in [-0.4, -0.2) is 60.2 Å². The van der Waals surface area contributed by atoms with E-state index in [1.54, 1.807) is 46.2 Å². The predicted octanol–water partition coefficient (Wildman–Crippen LogP) is 2.63. The Balaban J connectivity index is 1.44. The summed E-state index contributed by atoms with van der Waals surface area (Å²) in [5.41, 5.74) is 0.574. The van der Waals surface area contributed by atoms with Crippen molar-refractivity contribution in [3.05, 3.63) is 54.0 Å². The van der Waals surface area contributed by atoms with Crippen molar-refractivity contribution in [3.8, 4) is 5.75 Å². The number of ketones is 1. The topological polar surface area (TPSA) is 80.1 Å². The van der Waals surface area contributed by atoms with Gasteiger partial charge in [-0.05, 0) is 43.3 Å². The summed E-state index contributed by atoms with van der Waals surface area (Å²) >= 11 is 0. The molecule has 2 heterocycles. The van der Waals surface area contributed by atoms with Crippen LogP contribution in [0.15, 0.2) is 47.1 Å². The zero-order chi connectivity index (χ0) is 19.9. The molecule has 0 atom stereocenters. The lowest BCUT2D eigenvalue weighted by atomic mass is 10.1. The highest BCUT2D eigenvalue weighted by Gasteiger charge is 2.26. The smallest absolute Gasteiger partial charge is 0.289 e. The number of carbonyl (C=O) groups excluding carboxylic acids is 3. The monoisotopic (exact) mass is 384 g/mol. The lowest BCUT2D eigenvalue weighted by Gasteiger charge is -2.34. The summed E-state index contributed by atoms with van der Waals surface area (Å²) in [7, 11) is 0. The Kier molecular flexibility index (Phi) is 6.47. The normalized spacial score (nSPS) is 14.0. The first-order valence-corrected chi connectivity index (χ1v) is 9.45. The summed E-state index contributed by atoms with van der Waals surface area (Å²) in [6.07, 6.45) is 1.80. The number of hydrogen-bond acceptors (Lipinski definition) is 5. The number of furan rings is 1. The van der Waals surface area contributed by atoms with Crippen molar-refractivity contribution in [1.82, 2.24) is 9.80 Å². The van der Waals surface area contributed by atoms with Crippen molar-refractivity contribution in [1.29, 1.82) is 0 Å². The molecule has 7 heteroatoms. The van der Waals surface area contributed by atoms with Gasteiger partial charge in [-0.25, -0.2) is 0 Å². The van der Waals surface area contributed by atoms with Gasteiger partial charge in [0.15, 0.2) is 11.5 Å².